The van der Waals surface area contributed by atoms with E-state index in [1.165, 1.54) is 6.07 Å². The van der Waals surface area contributed by atoms with Crippen molar-refractivity contribution in [2.75, 3.05) is 0 Å². The fourth-order valence-corrected chi connectivity index (χ4v) is 1.89. The lowest BCUT2D eigenvalue weighted by Crippen LogP contribution is -1.89. The van der Waals surface area contributed by atoms with E-state index in [0.29, 0.717) is 11.4 Å². The number of benzene rings is 2. The van der Waals surface area contributed by atoms with E-state index in [2.05, 4.69) is 0 Å². The molecule has 0 aliphatic heterocycles. The van der Waals surface area contributed by atoms with Crippen LogP contribution in [-0.4, -0.2) is 0 Å². The van der Waals surface area contributed by atoms with Gasteiger partial charge in [0.1, 0.15) is 5.82 Å². The van der Waals surface area contributed by atoms with Gasteiger partial charge in [-0.05, 0) is 35.7 Å². The van der Waals surface area contributed by atoms with Crippen molar-refractivity contribution in [3.05, 3.63) is 59.4 Å². The normalized spacial score (nSPS) is 10.4. The Morgan fingerprint density at radius 2 is 1.81 bits per heavy atom. The van der Waals surface area contributed by atoms with Crippen LogP contribution in [0.5, 0.6) is 0 Å². The van der Waals surface area contributed by atoms with E-state index in [4.69, 9.17) is 11.6 Å². The molecule has 0 fully saturated rings. The van der Waals surface area contributed by atoms with Crippen molar-refractivity contribution in [2.24, 2.45) is 0 Å². The van der Waals surface area contributed by atoms with E-state index < -0.39 is 0 Å². The van der Waals surface area contributed by atoms with E-state index in [9.17, 15) is 4.39 Å². The maximum atomic E-state index is 13.7. The fourth-order valence-electron chi connectivity index (χ4n) is 1.72. The summed E-state index contributed by atoms with van der Waals surface area (Å²) >= 11 is 5.78. The van der Waals surface area contributed by atoms with Crippen LogP contribution in [0.15, 0.2) is 42.5 Å². The Hall–Kier alpha value is -1.34. The summed E-state index contributed by atoms with van der Waals surface area (Å²) in [5, 5.41) is 0. The molecule has 0 heterocycles. The number of alkyl halides is 1. The molecule has 0 amide bonds. The molecule has 2 rings (SSSR count). The van der Waals surface area contributed by atoms with Crippen LogP contribution in [-0.2, 0) is 5.88 Å². The lowest BCUT2D eigenvalue weighted by molar-refractivity contribution is 0.631. The molecule has 2 heteroatoms. The number of hydrogen-bond donors (Lipinski definition) is 0. The standard InChI is InChI=1S/C14H12ClF/c1-10-6-7-11(9-15)8-13(10)12-4-2-3-5-14(12)16/h2-8H,9H2,1H3. The second-order valence-electron chi connectivity index (χ2n) is 3.76. The largest absolute Gasteiger partial charge is 0.206 e. The molecule has 0 aromatic heterocycles. The summed E-state index contributed by atoms with van der Waals surface area (Å²) in [5.41, 5.74) is 3.60. The van der Waals surface area contributed by atoms with Crippen LogP contribution < -0.4 is 0 Å². The summed E-state index contributed by atoms with van der Waals surface area (Å²) in [6.07, 6.45) is 0. The number of aryl methyl sites for hydroxylation is 1. The molecule has 0 unspecified atom stereocenters. The first-order valence-corrected chi connectivity index (χ1v) is 5.66. The van der Waals surface area contributed by atoms with Crippen molar-refractivity contribution in [1.29, 1.82) is 0 Å². The Morgan fingerprint density at radius 1 is 1.06 bits per heavy atom. The zero-order valence-electron chi connectivity index (χ0n) is 9.00. The van der Waals surface area contributed by atoms with E-state index in [-0.39, 0.29) is 5.82 Å². The topological polar surface area (TPSA) is 0 Å². The molecule has 0 N–H and O–H groups in total. The molecular weight excluding hydrogens is 223 g/mol. The SMILES string of the molecule is Cc1ccc(CCl)cc1-c1ccccc1F. The van der Waals surface area contributed by atoms with Crippen LogP contribution >= 0.6 is 11.6 Å². The Balaban J connectivity index is 2.59. The maximum Gasteiger partial charge on any atom is 0.131 e. The van der Waals surface area contributed by atoms with Gasteiger partial charge >= 0.3 is 0 Å². The summed E-state index contributed by atoms with van der Waals surface area (Å²) in [5.74, 6) is 0.249. The third-order valence-electron chi connectivity index (χ3n) is 2.62. The molecule has 0 saturated carbocycles. The molecule has 2 aromatic rings. The lowest BCUT2D eigenvalue weighted by atomic mass is 9.98. The smallest absolute Gasteiger partial charge is 0.131 e. The van der Waals surface area contributed by atoms with Gasteiger partial charge in [0.25, 0.3) is 0 Å². The van der Waals surface area contributed by atoms with Crippen LogP contribution in [0.1, 0.15) is 11.1 Å². The molecule has 0 nitrogen and oxygen atoms in total. The van der Waals surface area contributed by atoms with Gasteiger partial charge in [0.15, 0.2) is 0 Å². The minimum Gasteiger partial charge on any atom is -0.206 e. The van der Waals surface area contributed by atoms with Gasteiger partial charge in [-0.1, -0.05) is 30.3 Å². The molecule has 0 atom stereocenters. The molecule has 0 aliphatic rings. The molecule has 0 aliphatic carbocycles. The predicted octanol–water partition coefficient (Wildman–Crippen LogP) is 4.54. The highest BCUT2D eigenvalue weighted by atomic mass is 35.5. The zero-order valence-corrected chi connectivity index (χ0v) is 9.76. The molecule has 0 bridgehead atoms. The monoisotopic (exact) mass is 234 g/mol. The highest BCUT2D eigenvalue weighted by molar-refractivity contribution is 6.17. The summed E-state index contributed by atoms with van der Waals surface area (Å²) in [6.45, 7) is 1.97. The van der Waals surface area contributed by atoms with Crippen molar-refractivity contribution in [3.8, 4) is 11.1 Å². The number of halogens is 2. The van der Waals surface area contributed by atoms with Gasteiger partial charge < -0.3 is 0 Å². The Morgan fingerprint density at radius 3 is 2.50 bits per heavy atom. The van der Waals surface area contributed by atoms with E-state index in [0.717, 1.165) is 16.7 Å². The minimum absolute atomic E-state index is 0.197. The third kappa shape index (κ3) is 2.10. The van der Waals surface area contributed by atoms with Gasteiger partial charge in [0, 0.05) is 11.4 Å². The lowest BCUT2D eigenvalue weighted by Gasteiger charge is -2.08. The number of rotatable bonds is 2. The van der Waals surface area contributed by atoms with Gasteiger partial charge in [-0.3, -0.25) is 0 Å². The van der Waals surface area contributed by atoms with Crippen LogP contribution in [0, 0.1) is 12.7 Å². The van der Waals surface area contributed by atoms with E-state index in [1.54, 1.807) is 12.1 Å². The Kier molecular flexibility index (Phi) is 3.25. The first-order chi connectivity index (χ1) is 7.72. The quantitative estimate of drug-likeness (QED) is 0.670. The van der Waals surface area contributed by atoms with Gasteiger partial charge in [-0.25, -0.2) is 4.39 Å². The van der Waals surface area contributed by atoms with Crippen molar-refractivity contribution in [3.63, 3.8) is 0 Å². The van der Waals surface area contributed by atoms with Crippen molar-refractivity contribution in [2.45, 2.75) is 12.8 Å². The molecule has 0 radical (unpaired) electrons. The second kappa shape index (κ2) is 4.67. The van der Waals surface area contributed by atoms with Gasteiger partial charge in [-0.2, -0.15) is 0 Å². The minimum atomic E-state index is -0.197. The zero-order chi connectivity index (χ0) is 11.5. The average Bonchev–Trinajstić information content (AvgIpc) is 2.31. The van der Waals surface area contributed by atoms with Crippen LogP contribution in [0.2, 0.25) is 0 Å². The van der Waals surface area contributed by atoms with E-state index >= 15 is 0 Å². The Bertz CT molecular complexity index is 506. The molecule has 0 spiro atoms. The third-order valence-corrected chi connectivity index (χ3v) is 2.93. The van der Waals surface area contributed by atoms with Gasteiger partial charge in [0.05, 0.1) is 0 Å². The van der Waals surface area contributed by atoms with Gasteiger partial charge in [0.2, 0.25) is 0 Å². The fraction of sp³-hybridized carbons (Fsp3) is 0.143. The van der Waals surface area contributed by atoms with Crippen molar-refractivity contribution >= 4 is 11.6 Å². The van der Waals surface area contributed by atoms with E-state index in [1.807, 2.05) is 31.2 Å². The second-order valence-corrected chi connectivity index (χ2v) is 4.03. The van der Waals surface area contributed by atoms with Crippen LogP contribution in [0.4, 0.5) is 4.39 Å². The first kappa shape index (κ1) is 11.2. The molecular formula is C14H12ClF. The highest BCUT2D eigenvalue weighted by Crippen LogP contribution is 2.27. The molecule has 82 valence electrons. The van der Waals surface area contributed by atoms with Crippen molar-refractivity contribution < 1.29 is 4.39 Å². The summed E-state index contributed by atoms with van der Waals surface area (Å²) in [6, 6.07) is 12.7. The highest BCUT2D eigenvalue weighted by Gasteiger charge is 2.07. The number of hydrogen-bond acceptors (Lipinski definition) is 0. The molecule has 2 aromatic carbocycles. The Labute approximate surface area is 99.7 Å². The first-order valence-electron chi connectivity index (χ1n) is 5.13. The molecule has 0 saturated heterocycles. The van der Waals surface area contributed by atoms with Crippen LogP contribution in [0.3, 0.4) is 0 Å². The predicted molar refractivity (Wildman–Crippen MR) is 66.1 cm³/mol. The summed E-state index contributed by atoms with van der Waals surface area (Å²) in [4.78, 5) is 0. The van der Waals surface area contributed by atoms with Crippen LogP contribution in [0.25, 0.3) is 11.1 Å². The van der Waals surface area contributed by atoms with Gasteiger partial charge in [-0.15, -0.1) is 11.6 Å². The summed E-state index contributed by atoms with van der Waals surface area (Å²) < 4.78 is 13.7. The summed E-state index contributed by atoms with van der Waals surface area (Å²) in [7, 11) is 0. The molecule has 16 heavy (non-hydrogen) atoms. The van der Waals surface area contributed by atoms with Crippen molar-refractivity contribution in [1.82, 2.24) is 0 Å². The maximum absolute atomic E-state index is 13.7. The average molecular weight is 235 g/mol.